The predicted octanol–water partition coefficient (Wildman–Crippen LogP) is 8.65. The number of amides is 2. The zero-order valence-electron chi connectivity index (χ0n) is 30.9. The number of allylic oxidation sites excluding steroid dienone is 6. The van der Waals surface area contributed by atoms with Gasteiger partial charge in [-0.2, -0.15) is 0 Å². The summed E-state index contributed by atoms with van der Waals surface area (Å²) in [5.74, 6) is -2.42. The van der Waals surface area contributed by atoms with Crippen molar-refractivity contribution < 1.29 is 34.1 Å². The molecule has 9 nitrogen and oxygen atoms in total. The molecule has 282 valence electrons. The maximum Gasteiger partial charge on any atom is 0.328 e. The number of hydrogen-bond acceptors (Lipinski definition) is 6. The predicted molar refractivity (Wildman–Crippen MR) is 199 cm³/mol. The number of aliphatic hydroxyl groups is 1. The third kappa shape index (κ3) is 32.0. The lowest BCUT2D eigenvalue weighted by molar-refractivity contribution is -0.150. The Labute approximate surface area is 297 Å². The first-order valence-electron chi connectivity index (χ1n) is 19.4. The van der Waals surface area contributed by atoms with Crippen molar-refractivity contribution in [1.82, 2.24) is 10.6 Å². The molecule has 0 aromatic carbocycles. The van der Waals surface area contributed by atoms with Gasteiger partial charge in [-0.05, 0) is 70.6 Å². The molecule has 2 amide bonds. The summed E-state index contributed by atoms with van der Waals surface area (Å²) >= 11 is 0. The van der Waals surface area contributed by atoms with Crippen LogP contribution in [0.15, 0.2) is 36.5 Å². The molecule has 0 aromatic heterocycles. The van der Waals surface area contributed by atoms with E-state index in [1.807, 2.05) is 0 Å². The van der Waals surface area contributed by atoms with Crippen molar-refractivity contribution in [3.8, 4) is 0 Å². The van der Waals surface area contributed by atoms with Crippen molar-refractivity contribution >= 4 is 23.8 Å². The van der Waals surface area contributed by atoms with Crippen LogP contribution in [0.2, 0.25) is 0 Å². The molecule has 0 radical (unpaired) electrons. The van der Waals surface area contributed by atoms with Gasteiger partial charge in [0.15, 0.2) is 0 Å². The molecule has 0 heterocycles. The number of aliphatic hydroxyl groups excluding tert-OH is 1. The third-order valence-electron chi connectivity index (χ3n) is 8.39. The van der Waals surface area contributed by atoms with Gasteiger partial charge < -0.3 is 25.6 Å². The van der Waals surface area contributed by atoms with Gasteiger partial charge in [0.2, 0.25) is 11.8 Å². The second-order valence-corrected chi connectivity index (χ2v) is 13.0. The van der Waals surface area contributed by atoms with Gasteiger partial charge in [0.1, 0.15) is 12.1 Å². The standard InChI is InChI=1S/C40H70N2O7/c1-3-5-7-8-9-10-11-12-13-14-15-16-17-18-19-20-21-22-23-24-28-32-39(46)49-35(29-6-4-2)30-26-25-27-31-37(44)41-33-38(45)42-36(34-43)40(47)48/h11-12,14-15,17-18,35-36,43H,3-10,13,16,19-34H2,1-2H3,(H,41,44)(H,42,45)(H,47,48)/b12-11-,15-14-,18-17-. The van der Waals surface area contributed by atoms with Gasteiger partial charge in [-0.15, -0.1) is 0 Å². The number of aliphatic carboxylic acids is 1. The number of rotatable bonds is 34. The second-order valence-electron chi connectivity index (χ2n) is 13.0. The minimum absolute atomic E-state index is 0.0889. The number of unbranched alkanes of at least 4 members (excludes halogenated alkanes) is 14. The van der Waals surface area contributed by atoms with Gasteiger partial charge >= 0.3 is 11.9 Å². The summed E-state index contributed by atoms with van der Waals surface area (Å²) in [5, 5.41) is 22.4. The fourth-order valence-corrected chi connectivity index (χ4v) is 5.35. The summed E-state index contributed by atoms with van der Waals surface area (Å²) in [7, 11) is 0. The number of carbonyl (C=O) groups excluding carboxylic acids is 3. The van der Waals surface area contributed by atoms with Gasteiger partial charge in [-0.1, -0.05) is 121 Å². The van der Waals surface area contributed by atoms with E-state index >= 15 is 0 Å². The summed E-state index contributed by atoms with van der Waals surface area (Å²) in [6.07, 6.45) is 38.0. The minimum Gasteiger partial charge on any atom is -0.480 e. The maximum atomic E-state index is 12.5. The Morgan fingerprint density at radius 1 is 0.612 bits per heavy atom. The summed E-state index contributed by atoms with van der Waals surface area (Å²) in [6.45, 7) is 3.31. The van der Waals surface area contributed by atoms with E-state index in [1.165, 1.54) is 57.8 Å². The van der Waals surface area contributed by atoms with Crippen LogP contribution in [-0.4, -0.2) is 59.3 Å². The average molecular weight is 691 g/mol. The summed E-state index contributed by atoms with van der Waals surface area (Å²) in [5.41, 5.74) is 0. The van der Waals surface area contributed by atoms with Crippen LogP contribution in [0.25, 0.3) is 0 Å². The highest BCUT2D eigenvalue weighted by Crippen LogP contribution is 2.16. The van der Waals surface area contributed by atoms with Crippen molar-refractivity contribution in [2.75, 3.05) is 13.2 Å². The SMILES string of the molecule is CCCCCCC/C=C\C/C=C\C/C=C\CCCCCCCCC(=O)OC(CCCC)CCCCCC(=O)NCC(=O)NC(CO)C(=O)O. The number of carboxylic acid groups (broad SMARTS) is 1. The number of nitrogens with one attached hydrogen (secondary N) is 2. The summed E-state index contributed by atoms with van der Waals surface area (Å²) in [6, 6.07) is -1.39. The largest absolute Gasteiger partial charge is 0.480 e. The summed E-state index contributed by atoms with van der Waals surface area (Å²) in [4.78, 5) is 47.1. The van der Waals surface area contributed by atoms with Crippen LogP contribution in [0, 0.1) is 0 Å². The molecule has 0 aliphatic heterocycles. The molecule has 0 rings (SSSR count). The zero-order chi connectivity index (χ0) is 36.2. The number of ether oxygens (including phenoxy) is 1. The Morgan fingerprint density at radius 2 is 1.12 bits per heavy atom. The van der Waals surface area contributed by atoms with Crippen LogP contribution in [0.4, 0.5) is 0 Å². The Kier molecular flexibility index (Phi) is 32.8. The lowest BCUT2D eigenvalue weighted by atomic mass is 10.0. The number of esters is 1. The highest BCUT2D eigenvalue weighted by Gasteiger charge is 2.19. The number of carboxylic acids is 1. The molecular weight excluding hydrogens is 620 g/mol. The highest BCUT2D eigenvalue weighted by molar-refractivity contribution is 5.87. The molecule has 4 N–H and O–H groups in total. The van der Waals surface area contributed by atoms with Gasteiger partial charge in [-0.3, -0.25) is 14.4 Å². The third-order valence-corrected chi connectivity index (χ3v) is 8.39. The second kappa shape index (κ2) is 34.9. The Hall–Kier alpha value is -2.94. The van der Waals surface area contributed by atoms with E-state index in [0.717, 1.165) is 77.0 Å². The fraction of sp³-hybridized carbons (Fsp3) is 0.750. The zero-order valence-corrected chi connectivity index (χ0v) is 30.9. The number of carbonyl (C=O) groups is 4. The quantitative estimate of drug-likeness (QED) is 0.0301. The molecule has 0 saturated carbocycles. The first-order valence-corrected chi connectivity index (χ1v) is 19.4. The normalized spacial score (nSPS) is 12.9. The van der Waals surface area contributed by atoms with Gasteiger partial charge in [0, 0.05) is 12.8 Å². The minimum atomic E-state index is -1.39. The Bertz CT molecular complexity index is 932. The molecule has 0 aliphatic rings. The fourth-order valence-electron chi connectivity index (χ4n) is 5.35. The molecule has 9 heteroatoms. The first-order chi connectivity index (χ1) is 23.8. The lowest BCUT2D eigenvalue weighted by Gasteiger charge is -2.18. The van der Waals surface area contributed by atoms with Crippen molar-refractivity contribution in [1.29, 1.82) is 0 Å². The smallest absolute Gasteiger partial charge is 0.328 e. The number of hydrogen-bond donors (Lipinski definition) is 4. The van der Waals surface area contributed by atoms with Crippen molar-refractivity contribution in [2.24, 2.45) is 0 Å². The van der Waals surface area contributed by atoms with Crippen LogP contribution < -0.4 is 10.6 Å². The molecule has 2 unspecified atom stereocenters. The molecule has 0 bridgehead atoms. The molecular formula is C40H70N2O7. The van der Waals surface area contributed by atoms with E-state index in [0.29, 0.717) is 12.8 Å². The Balaban J connectivity index is 3.87. The monoisotopic (exact) mass is 691 g/mol. The average Bonchev–Trinajstić information content (AvgIpc) is 3.08. The molecule has 0 aliphatic carbocycles. The van der Waals surface area contributed by atoms with E-state index < -0.39 is 24.5 Å². The van der Waals surface area contributed by atoms with Gasteiger partial charge in [-0.25, -0.2) is 4.79 Å². The van der Waals surface area contributed by atoms with Crippen molar-refractivity contribution in [3.05, 3.63) is 36.5 Å². The van der Waals surface area contributed by atoms with E-state index in [2.05, 4.69) is 60.9 Å². The van der Waals surface area contributed by atoms with Gasteiger partial charge in [0.25, 0.3) is 0 Å². The van der Waals surface area contributed by atoms with Crippen LogP contribution in [0.3, 0.4) is 0 Å². The van der Waals surface area contributed by atoms with E-state index in [-0.39, 0.29) is 30.9 Å². The lowest BCUT2D eigenvalue weighted by Crippen LogP contribution is -2.47. The van der Waals surface area contributed by atoms with Gasteiger partial charge in [0.05, 0.1) is 13.2 Å². The molecule has 0 fully saturated rings. The van der Waals surface area contributed by atoms with Crippen molar-refractivity contribution in [3.63, 3.8) is 0 Å². The topological polar surface area (TPSA) is 142 Å². The Morgan fingerprint density at radius 3 is 1.71 bits per heavy atom. The first kappa shape index (κ1) is 46.1. The molecule has 2 atom stereocenters. The van der Waals surface area contributed by atoms with Crippen LogP contribution in [0.1, 0.15) is 168 Å². The van der Waals surface area contributed by atoms with Crippen LogP contribution >= 0.6 is 0 Å². The highest BCUT2D eigenvalue weighted by atomic mass is 16.5. The van der Waals surface area contributed by atoms with Crippen LogP contribution in [-0.2, 0) is 23.9 Å². The maximum absolute atomic E-state index is 12.5. The van der Waals surface area contributed by atoms with E-state index in [9.17, 15) is 19.2 Å². The summed E-state index contributed by atoms with van der Waals surface area (Å²) < 4.78 is 5.81. The van der Waals surface area contributed by atoms with Crippen molar-refractivity contribution in [2.45, 2.75) is 180 Å². The van der Waals surface area contributed by atoms with E-state index in [4.69, 9.17) is 14.9 Å². The molecule has 0 saturated heterocycles. The van der Waals surface area contributed by atoms with Crippen LogP contribution in [0.5, 0.6) is 0 Å². The molecule has 0 spiro atoms. The molecule has 49 heavy (non-hydrogen) atoms. The molecule has 0 aromatic rings. The van der Waals surface area contributed by atoms with E-state index in [1.54, 1.807) is 0 Å².